The lowest BCUT2D eigenvalue weighted by Crippen LogP contribution is -2.20. The first-order chi connectivity index (χ1) is 7.42. The first-order valence-corrected chi connectivity index (χ1v) is 4.72. The van der Waals surface area contributed by atoms with Crippen molar-refractivity contribution in [2.75, 3.05) is 13.7 Å². The highest BCUT2D eigenvalue weighted by molar-refractivity contribution is 5.85. The zero-order valence-electron chi connectivity index (χ0n) is 9.47. The van der Waals surface area contributed by atoms with Crippen LogP contribution in [0.3, 0.4) is 0 Å². The van der Waals surface area contributed by atoms with Crippen LogP contribution in [0, 0.1) is 6.92 Å². The number of nitrogens with zero attached hydrogens (tertiary/aromatic N) is 1. The van der Waals surface area contributed by atoms with Crippen LogP contribution >= 0.6 is 12.4 Å². The Hall–Kier alpha value is -1.01. The Labute approximate surface area is 104 Å². The van der Waals surface area contributed by atoms with Crippen LogP contribution in [0.5, 0.6) is 5.88 Å². The third kappa shape index (κ3) is 5.74. The molecule has 0 aliphatic carbocycles. The molecule has 17 heavy (non-hydrogen) atoms. The summed E-state index contributed by atoms with van der Waals surface area (Å²) in [4.78, 5) is 3.84. The molecule has 1 aromatic heterocycles. The van der Waals surface area contributed by atoms with E-state index in [9.17, 15) is 13.2 Å². The van der Waals surface area contributed by atoms with Crippen molar-refractivity contribution in [3.05, 3.63) is 23.4 Å². The molecule has 0 saturated carbocycles. The van der Waals surface area contributed by atoms with Gasteiger partial charge in [0, 0.05) is 18.3 Å². The molecular formula is C10H14ClF3N2O. The van der Waals surface area contributed by atoms with E-state index in [0.717, 1.165) is 5.56 Å². The summed E-state index contributed by atoms with van der Waals surface area (Å²) in [5.41, 5.74) is 1.50. The maximum atomic E-state index is 11.9. The number of rotatable bonds is 4. The first kappa shape index (κ1) is 16.0. The highest BCUT2D eigenvalue weighted by Crippen LogP contribution is 2.20. The van der Waals surface area contributed by atoms with Gasteiger partial charge in [-0.2, -0.15) is 13.2 Å². The van der Waals surface area contributed by atoms with Gasteiger partial charge in [0.2, 0.25) is 5.88 Å². The van der Waals surface area contributed by atoms with E-state index >= 15 is 0 Å². The smallest absolute Gasteiger partial charge is 0.422 e. The van der Waals surface area contributed by atoms with Gasteiger partial charge in [0.05, 0.1) is 0 Å². The number of hydrogen-bond acceptors (Lipinski definition) is 3. The highest BCUT2D eigenvalue weighted by Gasteiger charge is 2.28. The van der Waals surface area contributed by atoms with E-state index in [1.165, 1.54) is 6.20 Å². The van der Waals surface area contributed by atoms with E-state index in [4.69, 9.17) is 0 Å². The zero-order chi connectivity index (χ0) is 12.2. The van der Waals surface area contributed by atoms with Crippen LogP contribution in [0.25, 0.3) is 0 Å². The summed E-state index contributed by atoms with van der Waals surface area (Å²) in [5, 5.41) is 2.93. The van der Waals surface area contributed by atoms with Gasteiger partial charge in [-0.3, -0.25) is 0 Å². The summed E-state index contributed by atoms with van der Waals surface area (Å²) >= 11 is 0. The minimum absolute atomic E-state index is 0. The summed E-state index contributed by atoms with van der Waals surface area (Å²) < 4.78 is 40.3. The number of aromatic nitrogens is 1. The quantitative estimate of drug-likeness (QED) is 0.913. The number of aryl methyl sites for hydroxylation is 1. The Kier molecular flexibility index (Phi) is 6.26. The zero-order valence-corrected chi connectivity index (χ0v) is 10.3. The minimum atomic E-state index is -4.34. The van der Waals surface area contributed by atoms with E-state index < -0.39 is 12.8 Å². The second-order valence-corrected chi connectivity index (χ2v) is 3.40. The third-order valence-corrected chi connectivity index (χ3v) is 1.84. The molecule has 3 nitrogen and oxygen atoms in total. The lowest BCUT2D eigenvalue weighted by atomic mass is 10.2. The predicted octanol–water partition coefficient (Wildman–Crippen LogP) is 2.47. The Morgan fingerprint density at radius 3 is 2.53 bits per heavy atom. The molecule has 0 fully saturated rings. The lowest BCUT2D eigenvalue weighted by Gasteiger charge is -2.11. The normalized spacial score (nSPS) is 10.9. The van der Waals surface area contributed by atoms with Gasteiger partial charge in [0.1, 0.15) is 0 Å². The van der Waals surface area contributed by atoms with Crippen LogP contribution < -0.4 is 10.1 Å². The van der Waals surface area contributed by atoms with Gasteiger partial charge in [-0.1, -0.05) is 0 Å². The Bertz CT molecular complexity index is 358. The number of ether oxygens (including phenoxy) is 1. The van der Waals surface area contributed by atoms with E-state index in [1.54, 1.807) is 20.0 Å². The third-order valence-electron chi connectivity index (χ3n) is 1.84. The molecule has 1 rings (SSSR count). The van der Waals surface area contributed by atoms with Gasteiger partial charge in [-0.25, -0.2) is 4.98 Å². The predicted molar refractivity (Wildman–Crippen MR) is 60.5 cm³/mol. The highest BCUT2D eigenvalue weighted by atomic mass is 35.5. The van der Waals surface area contributed by atoms with E-state index in [1.807, 2.05) is 0 Å². The molecule has 1 heterocycles. The minimum Gasteiger partial charge on any atom is -0.468 e. The van der Waals surface area contributed by atoms with Gasteiger partial charge in [0.25, 0.3) is 0 Å². The molecule has 0 unspecified atom stereocenters. The van der Waals surface area contributed by atoms with Crippen molar-refractivity contribution in [1.29, 1.82) is 0 Å². The molecule has 0 aliphatic heterocycles. The Balaban J connectivity index is 0.00000256. The van der Waals surface area contributed by atoms with E-state index in [-0.39, 0.29) is 18.3 Å². The molecule has 0 atom stereocenters. The molecule has 1 aromatic rings. The van der Waals surface area contributed by atoms with Crippen LogP contribution in [0.15, 0.2) is 12.3 Å². The van der Waals surface area contributed by atoms with Crippen molar-refractivity contribution in [1.82, 2.24) is 10.3 Å². The standard InChI is InChI=1S/C10H13F3N2O.ClH/c1-7-3-8(4-14-2)5-15-9(7)16-6-10(11,12)13;/h3,5,14H,4,6H2,1-2H3;1H. The molecule has 0 aliphatic rings. The van der Waals surface area contributed by atoms with Crippen LogP contribution in [0.4, 0.5) is 13.2 Å². The maximum absolute atomic E-state index is 11.9. The molecule has 0 spiro atoms. The number of pyridine rings is 1. The molecular weight excluding hydrogens is 257 g/mol. The monoisotopic (exact) mass is 270 g/mol. The van der Waals surface area contributed by atoms with Crippen LogP contribution in [-0.4, -0.2) is 24.8 Å². The second kappa shape index (κ2) is 6.66. The fraction of sp³-hybridized carbons (Fsp3) is 0.500. The van der Waals surface area contributed by atoms with Gasteiger partial charge < -0.3 is 10.1 Å². The van der Waals surface area contributed by atoms with Gasteiger partial charge in [0.15, 0.2) is 6.61 Å². The molecule has 1 N–H and O–H groups in total. The molecule has 7 heteroatoms. The summed E-state index contributed by atoms with van der Waals surface area (Å²) in [6.07, 6.45) is -2.84. The lowest BCUT2D eigenvalue weighted by molar-refractivity contribution is -0.154. The summed E-state index contributed by atoms with van der Waals surface area (Å²) in [7, 11) is 1.78. The topological polar surface area (TPSA) is 34.2 Å². The molecule has 0 saturated heterocycles. The second-order valence-electron chi connectivity index (χ2n) is 3.40. The van der Waals surface area contributed by atoms with E-state index in [2.05, 4.69) is 15.0 Å². The molecule has 0 bridgehead atoms. The number of nitrogens with one attached hydrogen (secondary N) is 1. The molecule has 0 amide bonds. The van der Waals surface area contributed by atoms with Gasteiger partial charge in [-0.15, -0.1) is 12.4 Å². The molecule has 0 radical (unpaired) electrons. The summed E-state index contributed by atoms with van der Waals surface area (Å²) in [6, 6.07) is 1.75. The average molecular weight is 271 g/mol. The largest absolute Gasteiger partial charge is 0.468 e. The first-order valence-electron chi connectivity index (χ1n) is 4.72. The van der Waals surface area contributed by atoms with Crippen molar-refractivity contribution >= 4 is 12.4 Å². The van der Waals surface area contributed by atoms with Crippen molar-refractivity contribution in [3.63, 3.8) is 0 Å². The molecule has 0 aromatic carbocycles. The molecule has 98 valence electrons. The fourth-order valence-electron chi connectivity index (χ4n) is 1.22. The van der Waals surface area contributed by atoms with E-state index in [0.29, 0.717) is 12.1 Å². The van der Waals surface area contributed by atoms with Gasteiger partial charge in [-0.05, 0) is 25.6 Å². The summed E-state index contributed by atoms with van der Waals surface area (Å²) in [5.74, 6) is 0.0252. The van der Waals surface area contributed by atoms with Crippen LogP contribution in [0.2, 0.25) is 0 Å². The fourth-order valence-corrected chi connectivity index (χ4v) is 1.22. The van der Waals surface area contributed by atoms with Crippen molar-refractivity contribution in [2.24, 2.45) is 0 Å². The summed E-state index contributed by atoms with van der Waals surface area (Å²) in [6.45, 7) is 0.970. The number of halogens is 4. The maximum Gasteiger partial charge on any atom is 0.422 e. The Morgan fingerprint density at radius 1 is 1.41 bits per heavy atom. The number of alkyl halides is 3. The van der Waals surface area contributed by atoms with Crippen LogP contribution in [-0.2, 0) is 6.54 Å². The van der Waals surface area contributed by atoms with Crippen molar-refractivity contribution < 1.29 is 17.9 Å². The average Bonchev–Trinajstić information content (AvgIpc) is 2.15. The van der Waals surface area contributed by atoms with Gasteiger partial charge >= 0.3 is 6.18 Å². The van der Waals surface area contributed by atoms with Crippen molar-refractivity contribution in [2.45, 2.75) is 19.6 Å². The van der Waals surface area contributed by atoms with Crippen LogP contribution in [0.1, 0.15) is 11.1 Å². The van der Waals surface area contributed by atoms with Crippen molar-refractivity contribution in [3.8, 4) is 5.88 Å². The Morgan fingerprint density at radius 2 is 2.06 bits per heavy atom. The number of hydrogen-bond donors (Lipinski definition) is 1. The SMILES string of the molecule is CNCc1cnc(OCC(F)(F)F)c(C)c1.Cl.